The standard InChI is InChI=1S/C17H19BrFN3O2/c1-10(2)16-9-14(21-24-16)15-4-3-7-22(15)17(23)20-13-6-5-11(18)8-12(13)19/h5-6,8-10,15H,3-4,7H2,1-2H3,(H,20,23). The summed E-state index contributed by atoms with van der Waals surface area (Å²) < 4.78 is 19.9. The summed E-state index contributed by atoms with van der Waals surface area (Å²) in [4.78, 5) is 14.2. The Morgan fingerprint density at radius 2 is 2.25 bits per heavy atom. The number of nitrogens with zero attached hydrogens (tertiary/aromatic N) is 2. The zero-order valence-corrected chi connectivity index (χ0v) is 15.1. The zero-order valence-electron chi connectivity index (χ0n) is 13.6. The molecule has 1 atom stereocenters. The van der Waals surface area contributed by atoms with E-state index in [2.05, 4.69) is 26.4 Å². The van der Waals surface area contributed by atoms with E-state index in [4.69, 9.17) is 4.52 Å². The Hall–Kier alpha value is -1.89. The molecule has 7 heteroatoms. The molecule has 1 N–H and O–H groups in total. The quantitative estimate of drug-likeness (QED) is 0.788. The van der Waals surface area contributed by atoms with Gasteiger partial charge in [0.25, 0.3) is 0 Å². The van der Waals surface area contributed by atoms with E-state index < -0.39 is 5.82 Å². The maximum absolute atomic E-state index is 13.9. The maximum atomic E-state index is 13.9. The molecule has 2 heterocycles. The summed E-state index contributed by atoms with van der Waals surface area (Å²) in [6.07, 6.45) is 1.70. The number of rotatable bonds is 3. The molecule has 0 saturated carbocycles. The molecule has 1 aromatic carbocycles. The second kappa shape index (κ2) is 6.93. The summed E-state index contributed by atoms with van der Waals surface area (Å²) in [6, 6.07) is 5.99. The number of halogens is 2. The first-order chi connectivity index (χ1) is 11.5. The number of carbonyl (C=O) groups is 1. The molecule has 0 radical (unpaired) electrons. The third-order valence-electron chi connectivity index (χ3n) is 4.14. The van der Waals surface area contributed by atoms with Crippen LogP contribution in [0.15, 0.2) is 33.3 Å². The molecule has 24 heavy (non-hydrogen) atoms. The summed E-state index contributed by atoms with van der Waals surface area (Å²) in [7, 11) is 0. The van der Waals surface area contributed by atoms with Crippen molar-refractivity contribution >= 4 is 27.6 Å². The highest BCUT2D eigenvalue weighted by Crippen LogP contribution is 2.33. The van der Waals surface area contributed by atoms with Gasteiger partial charge in [-0.2, -0.15) is 0 Å². The fraction of sp³-hybridized carbons (Fsp3) is 0.412. The van der Waals surface area contributed by atoms with Crippen molar-refractivity contribution in [2.45, 2.75) is 38.6 Å². The molecule has 1 aliphatic rings. The van der Waals surface area contributed by atoms with Gasteiger partial charge >= 0.3 is 6.03 Å². The highest BCUT2D eigenvalue weighted by Gasteiger charge is 2.32. The van der Waals surface area contributed by atoms with Crippen LogP contribution in [0.5, 0.6) is 0 Å². The van der Waals surface area contributed by atoms with E-state index in [-0.39, 0.29) is 23.7 Å². The Kier molecular flexibility index (Phi) is 4.89. The van der Waals surface area contributed by atoms with E-state index in [1.807, 2.05) is 19.9 Å². The summed E-state index contributed by atoms with van der Waals surface area (Å²) in [5.41, 5.74) is 0.916. The minimum Gasteiger partial charge on any atom is -0.361 e. The first-order valence-corrected chi connectivity index (χ1v) is 8.74. The molecular formula is C17H19BrFN3O2. The van der Waals surface area contributed by atoms with Gasteiger partial charge < -0.3 is 14.7 Å². The minimum atomic E-state index is -0.475. The van der Waals surface area contributed by atoms with Gasteiger partial charge in [-0.3, -0.25) is 0 Å². The van der Waals surface area contributed by atoms with Crippen LogP contribution < -0.4 is 5.32 Å². The molecule has 5 nitrogen and oxygen atoms in total. The Balaban J connectivity index is 1.75. The molecule has 1 aromatic heterocycles. The first-order valence-electron chi connectivity index (χ1n) is 7.95. The SMILES string of the molecule is CC(C)c1cc(C2CCCN2C(=O)Nc2ccc(Br)cc2F)no1. The topological polar surface area (TPSA) is 58.4 Å². The van der Waals surface area contributed by atoms with E-state index in [1.165, 1.54) is 12.1 Å². The van der Waals surface area contributed by atoms with Crippen LogP contribution in [0.25, 0.3) is 0 Å². The van der Waals surface area contributed by atoms with Crippen LogP contribution in [-0.2, 0) is 0 Å². The lowest BCUT2D eigenvalue weighted by molar-refractivity contribution is 0.204. The van der Waals surface area contributed by atoms with Crippen LogP contribution in [-0.4, -0.2) is 22.6 Å². The highest BCUT2D eigenvalue weighted by molar-refractivity contribution is 9.10. The number of hydrogen-bond donors (Lipinski definition) is 1. The molecular weight excluding hydrogens is 377 g/mol. The molecule has 1 saturated heterocycles. The fourth-order valence-electron chi connectivity index (χ4n) is 2.83. The lowest BCUT2D eigenvalue weighted by atomic mass is 10.1. The van der Waals surface area contributed by atoms with Gasteiger partial charge in [0.2, 0.25) is 0 Å². The maximum Gasteiger partial charge on any atom is 0.322 e. The molecule has 2 aromatic rings. The van der Waals surface area contributed by atoms with Crippen LogP contribution in [0.2, 0.25) is 0 Å². The molecule has 0 spiro atoms. The van der Waals surface area contributed by atoms with Gasteiger partial charge in [0, 0.05) is 23.0 Å². The Bertz CT molecular complexity index is 747. The second-order valence-electron chi connectivity index (χ2n) is 6.21. The van der Waals surface area contributed by atoms with E-state index in [0.29, 0.717) is 11.0 Å². The average Bonchev–Trinajstić information content (AvgIpc) is 3.17. The third-order valence-corrected chi connectivity index (χ3v) is 4.64. The molecule has 0 bridgehead atoms. The Morgan fingerprint density at radius 3 is 2.92 bits per heavy atom. The van der Waals surface area contributed by atoms with Crippen molar-refractivity contribution in [2.75, 3.05) is 11.9 Å². The molecule has 3 rings (SSSR count). The number of nitrogens with one attached hydrogen (secondary N) is 1. The number of hydrogen-bond acceptors (Lipinski definition) is 3. The van der Waals surface area contributed by atoms with Crippen molar-refractivity contribution in [3.63, 3.8) is 0 Å². The molecule has 1 unspecified atom stereocenters. The number of amides is 2. The Morgan fingerprint density at radius 1 is 1.46 bits per heavy atom. The summed E-state index contributed by atoms with van der Waals surface area (Å²) in [6.45, 7) is 4.66. The molecule has 1 aliphatic heterocycles. The van der Waals surface area contributed by atoms with Crippen LogP contribution in [0.4, 0.5) is 14.9 Å². The van der Waals surface area contributed by atoms with Crippen molar-refractivity contribution in [2.24, 2.45) is 0 Å². The van der Waals surface area contributed by atoms with Crippen molar-refractivity contribution < 1.29 is 13.7 Å². The van der Waals surface area contributed by atoms with Crippen molar-refractivity contribution in [1.29, 1.82) is 0 Å². The molecule has 1 fully saturated rings. The van der Waals surface area contributed by atoms with Crippen molar-refractivity contribution in [3.8, 4) is 0 Å². The summed E-state index contributed by atoms with van der Waals surface area (Å²) in [5.74, 6) is 0.569. The third kappa shape index (κ3) is 3.45. The summed E-state index contributed by atoms with van der Waals surface area (Å²) >= 11 is 3.20. The van der Waals surface area contributed by atoms with Gasteiger partial charge in [0.05, 0.1) is 11.7 Å². The van der Waals surface area contributed by atoms with Crippen LogP contribution >= 0.6 is 15.9 Å². The zero-order chi connectivity index (χ0) is 17.3. The predicted octanol–water partition coefficient (Wildman–Crippen LogP) is 5.07. The number of anilines is 1. The van der Waals surface area contributed by atoms with Gasteiger partial charge in [-0.05, 0) is 31.0 Å². The monoisotopic (exact) mass is 395 g/mol. The predicted molar refractivity (Wildman–Crippen MR) is 92.4 cm³/mol. The van der Waals surface area contributed by atoms with Crippen molar-refractivity contribution in [3.05, 3.63) is 46.0 Å². The van der Waals surface area contributed by atoms with E-state index >= 15 is 0 Å². The highest BCUT2D eigenvalue weighted by atomic mass is 79.9. The van der Waals surface area contributed by atoms with E-state index in [9.17, 15) is 9.18 Å². The number of urea groups is 1. The lowest BCUT2D eigenvalue weighted by Crippen LogP contribution is -2.34. The van der Waals surface area contributed by atoms with E-state index in [0.717, 1.165) is 24.3 Å². The lowest BCUT2D eigenvalue weighted by Gasteiger charge is -2.23. The summed E-state index contributed by atoms with van der Waals surface area (Å²) in [5, 5.41) is 6.75. The number of carbonyl (C=O) groups excluding carboxylic acids is 1. The van der Waals surface area contributed by atoms with Crippen molar-refractivity contribution in [1.82, 2.24) is 10.1 Å². The molecule has 0 aliphatic carbocycles. The molecule has 2 amide bonds. The van der Waals surface area contributed by atoms with Gasteiger partial charge in [-0.1, -0.05) is 34.9 Å². The fourth-order valence-corrected chi connectivity index (χ4v) is 3.16. The van der Waals surface area contributed by atoms with Crippen LogP contribution in [0, 0.1) is 5.82 Å². The number of benzene rings is 1. The van der Waals surface area contributed by atoms with Gasteiger partial charge in [0.15, 0.2) is 0 Å². The number of aromatic nitrogens is 1. The smallest absolute Gasteiger partial charge is 0.322 e. The van der Waals surface area contributed by atoms with Crippen LogP contribution in [0.3, 0.4) is 0 Å². The van der Waals surface area contributed by atoms with Gasteiger partial charge in [-0.15, -0.1) is 0 Å². The normalized spacial score (nSPS) is 17.5. The minimum absolute atomic E-state index is 0.139. The number of likely N-dealkylation sites (tertiary alicyclic amines) is 1. The molecule has 128 valence electrons. The second-order valence-corrected chi connectivity index (χ2v) is 7.13. The van der Waals surface area contributed by atoms with Gasteiger partial charge in [-0.25, -0.2) is 9.18 Å². The van der Waals surface area contributed by atoms with Crippen LogP contribution in [0.1, 0.15) is 50.1 Å². The average molecular weight is 396 g/mol. The Labute approximate surface area is 148 Å². The van der Waals surface area contributed by atoms with Gasteiger partial charge in [0.1, 0.15) is 17.3 Å². The first kappa shape index (κ1) is 17.0. The largest absolute Gasteiger partial charge is 0.361 e. The van der Waals surface area contributed by atoms with E-state index in [1.54, 1.807) is 11.0 Å².